The molecule has 1 N–H and O–H groups in total. The van der Waals surface area contributed by atoms with E-state index < -0.39 is 12.1 Å². The number of benzene rings is 2. The van der Waals surface area contributed by atoms with Gasteiger partial charge in [-0.2, -0.15) is 0 Å². The Kier molecular flexibility index (Phi) is 7.55. The van der Waals surface area contributed by atoms with Gasteiger partial charge in [0.2, 0.25) is 0 Å². The van der Waals surface area contributed by atoms with Crippen LogP contribution in [0.15, 0.2) is 42.5 Å². The molecule has 0 spiro atoms. The predicted molar refractivity (Wildman–Crippen MR) is 118 cm³/mol. The SMILES string of the molecule is COc1cc(C(=O)OC(C)C(=O)NC2CCCc3ccccc32)ccc1OCC(C)C. The fourth-order valence-electron chi connectivity index (χ4n) is 3.65. The van der Waals surface area contributed by atoms with Crippen LogP contribution >= 0.6 is 0 Å². The molecule has 3 rings (SSSR count). The summed E-state index contributed by atoms with van der Waals surface area (Å²) in [5.74, 6) is 0.490. The lowest BCUT2D eigenvalue weighted by Gasteiger charge is -2.27. The molecule has 0 aliphatic heterocycles. The second-order valence-electron chi connectivity index (χ2n) is 8.27. The average molecular weight is 426 g/mol. The van der Waals surface area contributed by atoms with Crippen LogP contribution in [0.1, 0.15) is 61.1 Å². The quantitative estimate of drug-likeness (QED) is 0.632. The van der Waals surface area contributed by atoms with E-state index in [1.165, 1.54) is 12.7 Å². The molecule has 2 atom stereocenters. The van der Waals surface area contributed by atoms with Gasteiger partial charge in [-0.3, -0.25) is 4.79 Å². The van der Waals surface area contributed by atoms with Gasteiger partial charge in [-0.05, 0) is 61.4 Å². The second-order valence-corrected chi connectivity index (χ2v) is 8.27. The Labute approximate surface area is 183 Å². The Morgan fingerprint density at radius 2 is 1.87 bits per heavy atom. The minimum absolute atomic E-state index is 0.0592. The Morgan fingerprint density at radius 3 is 2.61 bits per heavy atom. The van der Waals surface area contributed by atoms with Gasteiger partial charge in [-0.25, -0.2) is 4.79 Å². The summed E-state index contributed by atoms with van der Waals surface area (Å²) in [4.78, 5) is 25.3. The monoisotopic (exact) mass is 425 g/mol. The van der Waals surface area contributed by atoms with Gasteiger partial charge in [0.05, 0.1) is 25.3 Å². The van der Waals surface area contributed by atoms with E-state index in [0.29, 0.717) is 29.6 Å². The summed E-state index contributed by atoms with van der Waals surface area (Å²) in [7, 11) is 1.52. The number of ether oxygens (including phenoxy) is 3. The molecule has 0 aromatic heterocycles. The van der Waals surface area contributed by atoms with Crippen LogP contribution in [-0.2, 0) is 16.0 Å². The third-order valence-electron chi connectivity index (χ3n) is 5.31. The summed E-state index contributed by atoms with van der Waals surface area (Å²) in [5, 5.41) is 3.03. The van der Waals surface area contributed by atoms with Gasteiger partial charge in [0.15, 0.2) is 17.6 Å². The number of carbonyl (C=O) groups is 2. The van der Waals surface area contributed by atoms with Crippen molar-refractivity contribution >= 4 is 11.9 Å². The Morgan fingerprint density at radius 1 is 1.10 bits per heavy atom. The third-order valence-corrected chi connectivity index (χ3v) is 5.31. The minimum atomic E-state index is -0.913. The number of rotatable bonds is 8. The van der Waals surface area contributed by atoms with Gasteiger partial charge in [-0.1, -0.05) is 38.1 Å². The van der Waals surface area contributed by atoms with E-state index in [1.54, 1.807) is 25.1 Å². The van der Waals surface area contributed by atoms with E-state index in [0.717, 1.165) is 24.8 Å². The Bertz CT molecular complexity index is 924. The van der Waals surface area contributed by atoms with Crippen molar-refractivity contribution in [1.29, 1.82) is 0 Å². The van der Waals surface area contributed by atoms with Crippen LogP contribution in [0.25, 0.3) is 0 Å². The highest BCUT2D eigenvalue weighted by Gasteiger charge is 2.26. The molecule has 0 heterocycles. The van der Waals surface area contributed by atoms with E-state index in [1.807, 2.05) is 18.2 Å². The maximum atomic E-state index is 12.7. The topological polar surface area (TPSA) is 73.9 Å². The molecule has 0 saturated heterocycles. The second kappa shape index (κ2) is 10.3. The highest BCUT2D eigenvalue weighted by molar-refractivity contribution is 5.93. The molecule has 31 heavy (non-hydrogen) atoms. The van der Waals surface area contributed by atoms with Crippen molar-refractivity contribution in [3.05, 3.63) is 59.2 Å². The number of aryl methyl sites for hydroxylation is 1. The molecule has 1 aliphatic rings. The molecule has 2 unspecified atom stereocenters. The smallest absolute Gasteiger partial charge is 0.339 e. The maximum absolute atomic E-state index is 12.7. The summed E-state index contributed by atoms with van der Waals surface area (Å²) < 4.78 is 16.5. The highest BCUT2D eigenvalue weighted by Crippen LogP contribution is 2.30. The molecule has 2 aromatic carbocycles. The number of fused-ring (bicyclic) bond motifs is 1. The van der Waals surface area contributed by atoms with Crippen molar-refractivity contribution in [2.45, 2.75) is 52.2 Å². The largest absolute Gasteiger partial charge is 0.493 e. The van der Waals surface area contributed by atoms with Gasteiger partial charge < -0.3 is 19.5 Å². The fraction of sp³-hybridized carbons (Fsp3) is 0.440. The first kappa shape index (κ1) is 22.7. The summed E-state index contributed by atoms with van der Waals surface area (Å²) in [6.07, 6.45) is 2.00. The van der Waals surface area contributed by atoms with Crippen molar-refractivity contribution in [3.8, 4) is 11.5 Å². The molecule has 6 nitrogen and oxygen atoms in total. The molecule has 0 bridgehead atoms. The van der Waals surface area contributed by atoms with Crippen LogP contribution in [0.4, 0.5) is 0 Å². The van der Waals surface area contributed by atoms with Crippen LogP contribution in [0, 0.1) is 5.92 Å². The number of nitrogens with one attached hydrogen (secondary N) is 1. The molecular formula is C25H31NO5. The van der Waals surface area contributed by atoms with Gasteiger partial charge in [0.25, 0.3) is 5.91 Å². The number of amides is 1. The lowest BCUT2D eigenvalue weighted by atomic mass is 9.87. The van der Waals surface area contributed by atoms with E-state index in [-0.39, 0.29) is 11.9 Å². The fourth-order valence-corrected chi connectivity index (χ4v) is 3.65. The van der Waals surface area contributed by atoms with Crippen molar-refractivity contribution in [3.63, 3.8) is 0 Å². The zero-order valence-corrected chi connectivity index (χ0v) is 18.6. The molecule has 0 saturated carbocycles. The third kappa shape index (κ3) is 5.78. The van der Waals surface area contributed by atoms with Crippen LogP contribution in [0.2, 0.25) is 0 Å². The maximum Gasteiger partial charge on any atom is 0.339 e. The summed E-state index contributed by atoms with van der Waals surface area (Å²) in [6.45, 7) is 6.23. The normalized spacial score (nSPS) is 16.2. The van der Waals surface area contributed by atoms with E-state index in [2.05, 4.69) is 25.2 Å². The Balaban J connectivity index is 1.62. The van der Waals surface area contributed by atoms with Crippen LogP contribution in [0.3, 0.4) is 0 Å². The van der Waals surface area contributed by atoms with Crippen molar-refractivity contribution < 1.29 is 23.8 Å². The van der Waals surface area contributed by atoms with Gasteiger partial charge in [0, 0.05) is 0 Å². The van der Waals surface area contributed by atoms with E-state index >= 15 is 0 Å². The molecule has 1 amide bonds. The number of hydrogen-bond acceptors (Lipinski definition) is 5. The first-order valence-corrected chi connectivity index (χ1v) is 10.8. The van der Waals surface area contributed by atoms with Gasteiger partial charge >= 0.3 is 5.97 Å². The first-order valence-electron chi connectivity index (χ1n) is 10.8. The van der Waals surface area contributed by atoms with Gasteiger partial charge in [0.1, 0.15) is 0 Å². The summed E-state index contributed by atoms with van der Waals surface area (Å²) in [5.41, 5.74) is 2.70. The molecule has 2 aromatic rings. The lowest BCUT2D eigenvalue weighted by Crippen LogP contribution is -2.39. The highest BCUT2D eigenvalue weighted by atomic mass is 16.5. The number of hydrogen-bond donors (Lipinski definition) is 1. The van der Waals surface area contributed by atoms with Crippen LogP contribution < -0.4 is 14.8 Å². The Hall–Kier alpha value is -3.02. The minimum Gasteiger partial charge on any atom is -0.493 e. The van der Waals surface area contributed by atoms with Crippen molar-refractivity contribution in [2.24, 2.45) is 5.92 Å². The van der Waals surface area contributed by atoms with Crippen LogP contribution in [-0.4, -0.2) is 31.7 Å². The molecular weight excluding hydrogens is 394 g/mol. The van der Waals surface area contributed by atoms with Crippen LogP contribution in [0.5, 0.6) is 11.5 Å². The van der Waals surface area contributed by atoms with E-state index in [9.17, 15) is 9.59 Å². The van der Waals surface area contributed by atoms with Gasteiger partial charge in [-0.15, -0.1) is 0 Å². The number of carbonyl (C=O) groups excluding carboxylic acids is 2. The first-order chi connectivity index (χ1) is 14.9. The molecule has 0 radical (unpaired) electrons. The molecule has 166 valence electrons. The lowest BCUT2D eigenvalue weighted by molar-refractivity contribution is -0.130. The summed E-state index contributed by atoms with van der Waals surface area (Å²) in [6, 6.07) is 12.9. The molecule has 0 fully saturated rings. The zero-order valence-electron chi connectivity index (χ0n) is 18.6. The number of esters is 1. The van der Waals surface area contributed by atoms with Crippen molar-refractivity contribution in [1.82, 2.24) is 5.32 Å². The molecule has 1 aliphatic carbocycles. The standard InChI is InChI=1S/C25H31NO5/c1-16(2)15-30-22-13-12-19(14-23(22)29-4)25(28)31-17(3)24(27)26-21-11-7-9-18-8-5-6-10-20(18)21/h5-6,8,10,12-14,16-17,21H,7,9,11,15H2,1-4H3,(H,26,27). The van der Waals surface area contributed by atoms with Crippen molar-refractivity contribution in [2.75, 3.05) is 13.7 Å². The average Bonchev–Trinajstić information content (AvgIpc) is 2.77. The van der Waals surface area contributed by atoms with E-state index in [4.69, 9.17) is 14.2 Å². The molecule has 6 heteroatoms. The number of methoxy groups -OCH3 is 1. The zero-order chi connectivity index (χ0) is 22.4. The predicted octanol–water partition coefficient (Wildman–Crippen LogP) is 4.47. The summed E-state index contributed by atoms with van der Waals surface area (Å²) >= 11 is 0.